The number of nitrogens with zero attached hydrogens (tertiary/aromatic N) is 5. The molecule has 0 radical (unpaired) electrons. The van der Waals surface area contributed by atoms with Gasteiger partial charge in [0, 0.05) is 44.3 Å². The van der Waals surface area contributed by atoms with Gasteiger partial charge in [-0.3, -0.25) is 14.6 Å². The van der Waals surface area contributed by atoms with Gasteiger partial charge in [-0.1, -0.05) is 6.07 Å². The van der Waals surface area contributed by atoms with Gasteiger partial charge in [-0.2, -0.15) is 0 Å². The largest absolute Gasteiger partial charge is 0.355 e. The highest BCUT2D eigenvalue weighted by molar-refractivity contribution is 5.94. The average Bonchev–Trinajstić information content (AvgIpc) is 3.02. The standard InChI is InChI=1S/C20H24N6O2/c1-2-21-20-23-9-15(10-24-20)18(27)25-11-14-6-7-17(13-25)26(19(14)28)12-16-5-3-4-8-22-16/h3-5,8-10,14,17H,2,6-7,11-13H2,1H3,(H,21,23,24)/t14-,17+/m0/s1. The molecule has 0 aromatic carbocycles. The van der Waals surface area contributed by atoms with E-state index in [2.05, 4.69) is 20.3 Å². The van der Waals surface area contributed by atoms with E-state index in [4.69, 9.17) is 0 Å². The molecule has 3 fully saturated rings. The zero-order valence-corrected chi connectivity index (χ0v) is 15.9. The normalized spacial score (nSPS) is 21.5. The van der Waals surface area contributed by atoms with Crippen LogP contribution in [0.25, 0.3) is 0 Å². The number of piperidine rings is 1. The van der Waals surface area contributed by atoms with E-state index in [1.807, 2.05) is 30.0 Å². The first-order valence-electron chi connectivity index (χ1n) is 9.71. The van der Waals surface area contributed by atoms with Crippen LogP contribution < -0.4 is 5.32 Å². The predicted octanol–water partition coefficient (Wildman–Crippen LogP) is 1.57. The Morgan fingerprint density at radius 3 is 2.71 bits per heavy atom. The average molecular weight is 380 g/mol. The number of nitrogens with one attached hydrogen (secondary N) is 1. The molecular weight excluding hydrogens is 356 g/mol. The molecule has 146 valence electrons. The lowest BCUT2D eigenvalue weighted by atomic mass is 9.94. The number of aromatic nitrogens is 3. The number of amides is 2. The fourth-order valence-corrected chi connectivity index (χ4v) is 3.95. The maximum absolute atomic E-state index is 13.0. The Balaban J connectivity index is 1.50. The van der Waals surface area contributed by atoms with Crippen molar-refractivity contribution in [3.05, 3.63) is 48.0 Å². The van der Waals surface area contributed by atoms with Gasteiger partial charge in [0.05, 0.1) is 23.7 Å². The summed E-state index contributed by atoms with van der Waals surface area (Å²) in [6.45, 7) is 4.15. The third-order valence-corrected chi connectivity index (χ3v) is 5.37. The molecule has 2 aromatic rings. The lowest BCUT2D eigenvalue weighted by molar-refractivity contribution is -0.140. The molecule has 2 aromatic heterocycles. The second-order valence-electron chi connectivity index (χ2n) is 7.25. The molecule has 2 amide bonds. The number of carbonyl (C=O) groups excluding carboxylic acids is 2. The molecule has 3 aliphatic heterocycles. The van der Waals surface area contributed by atoms with Gasteiger partial charge < -0.3 is 15.1 Å². The molecule has 2 atom stereocenters. The Bertz CT molecular complexity index is 842. The van der Waals surface area contributed by atoms with Gasteiger partial charge in [0.2, 0.25) is 11.9 Å². The molecular formula is C20H24N6O2. The Labute approximate surface area is 164 Å². The fraction of sp³-hybridized carbons (Fsp3) is 0.450. The number of anilines is 1. The summed E-state index contributed by atoms with van der Waals surface area (Å²) in [6, 6.07) is 5.73. The molecule has 28 heavy (non-hydrogen) atoms. The Morgan fingerprint density at radius 1 is 1.18 bits per heavy atom. The zero-order chi connectivity index (χ0) is 19.5. The minimum absolute atomic E-state index is 0.0131. The molecule has 3 saturated heterocycles. The summed E-state index contributed by atoms with van der Waals surface area (Å²) < 4.78 is 0. The summed E-state index contributed by atoms with van der Waals surface area (Å²) in [4.78, 5) is 42.4. The van der Waals surface area contributed by atoms with Gasteiger partial charge >= 0.3 is 0 Å². The van der Waals surface area contributed by atoms with Gasteiger partial charge in [-0.25, -0.2) is 9.97 Å². The predicted molar refractivity (Wildman–Crippen MR) is 103 cm³/mol. The summed E-state index contributed by atoms with van der Waals surface area (Å²) >= 11 is 0. The highest BCUT2D eigenvalue weighted by atomic mass is 16.2. The van der Waals surface area contributed by atoms with Crippen molar-refractivity contribution in [3.8, 4) is 0 Å². The minimum Gasteiger partial charge on any atom is -0.355 e. The first-order valence-corrected chi connectivity index (χ1v) is 9.71. The summed E-state index contributed by atoms with van der Waals surface area (Å²) in [5, 5.41) is 3.02. The van der Waals surface area contributed by atoms with Crippen LogP contribution in [-0.4, -0.2) is 62.2 Å². The molecule has 8 nitrogen and oxygen atoms in total. The van der Waals surface area contributed by atoms with E-state index >= 15 is 0 Å². The zero-order valence-electron chi connectivity index (χ0n) is 15.9. The maximum atomic E-state index is 13.0. The number of rotatable bonds is 5. The number of hydrogen-bond donors (Lipinski definition) is 1. The Hall–Kier alpha value is -3.03. The fourth-order valence-electron chi connectivity index (χ4n) is 3.95. The van der Waals surface area contributed by atoms with Crippen LogP contribution in [0.15, 0.2) is 36.8 Å². The molecule has 2 bridgehead atoms. The van der Waals surface area contributed by atoms with Crippen LogP contribution in [0.3, 0.4) is 0 Å². The number of hydrogen-bond acceptors (Lipinski definition) is 6. The van der Waals surface area contributed by atoms with Crippen LogP contribution in [0.1, 0.15) is 35.8 Å². The van der Waals surface area contributed by atoms with Gasteiger partial charge in [0.1, 0.15) is 0 Å². The van der Waals surface area contributed by atoms with E-state index in [1.54, 1.807) is 23.5 Å². The Kier molecular flexibility index (Phi) is 5.18. The molecule has 8 heteroatoms. The van der Waals surface area contributed by atoms with Crippen molar-refractivity contribution < 1.29 is 9.59 Å². The molecule has 3 aliphatic rings. The highest BCUT2D eigenvalue weighted by Crippen LogP contribution is 2.30. The molecule has 5 heterocycles. The molecule has 0 unspecified atom stereocenters. The monoisotopic (exact) mass is 380 g/mol. The second-order valence-corrected chi connectivity index (χ2v) is 7.25. The van der Waals surface area contributed by atoms with Crippen molar-refractivity contribution in [2.75, 3.05) is 25.0 Å². The Morgan fingerprint density at radius 2 is 2.00 bits per heavy atom. The summed E-state index contributed by atoms with van der Waals surface area (Å²) in [5.74, 6) is 0.350. The van der Waals surface area contributed by atoms with Crippen molar-refractivity contribution in [3.63, 3.8) is 0 Å². The van der Waals surface area contributed by atoms with E-state index < -0.39 is 0 Å². The van der Waals surface area contributed by atoms with Crippen molar-refractivity contribution in [2.45, 2.75) is 32.4 Å². The van der Waals surface area contributed by atoms with E-state index in [9.17, 15) is 9.59 Å². The van der Waals surface area contributed by atoms with Crippen molar-refractivity contribution in [1.82, 2.24) is 24.8 Å². The molecule has 5 rings (SSSR count). The van der Waals surface area contributed by atoms with E-state index in [1.165, 1.54) is 0 Å². The minimum atomic E-state index is -0.159. The second kappa shape index (κ2) is 7.92. The third kappa shape index (κ3) is 3.67. The topological polar surface area (TPSA) is 91.3 Å². The van der Waals surface area contributed by atoms with Gasteiger partial charge in [0.15, 0.2) is 0 Å². The van der Waals surface area contributed by atoms with E-state index in [0.717, 1.165) is 25.1 Å². The maximum Gasteiger partial charge on any atom is 0.257 e. The van der Waals surface area contributed by atoms with Crippen molar-refractivity contribution in [1.29, 1.82) is 0 Å². The number of fused-ring (bicyclic) bond motifs is 4. The molecule has 0 saturated carbocycles. The first-order chi connectivity index (χ1) is 13.7. The number of carbonyl (C=O) groups is 2. The van der Waals surface area contributed by atoms with E-state index in [0.29, 0.717) is 31.1 Å². The third-order valence-electron chi connectivity index (χ3n) is 5.37. The SMILES string of the molecule is CCNc1ncc(C(=O)N2C[C@@H]3CC[C@H](C2)N(Cc2ccccn2)C3=O)cn1. The lowest BCUT2D eigenvalue weighted by Crippen LogP contribution is -2.47. The smallest absolute Gasteiger partial charge is 0.257 e. The van der Waals surface area contributed by atoms with Crippen LogP contribution in [0.2, 0.25) is 0 Å². The van der Waals surface area contributed by atoms with Crippen molar-refractivity contribution >= 4 is 17.8 Å². The highest BCUT2D eigenvalue weighted by Gasteiger charge is 2.42. The number of pyridine rings is 1. The van der Waals surface area contributed by atoms with Crippen LogP contribution in [0.5, 0.6) is 0 Å². The summed E-state index contributed by atoms with van der Waals surface area (Å²) in [5.41, 5.74) is 1.32. The van der Waals surface area contributed by atoms with Crippen molar-refractivity contribution in [2.24, 2.45) is 5.92 Å². The van der Waals surface area contributed by atoms with Gasteiger partial charge in [-0.15, -0.1) is 0 Å². The van der Waals surface area contributed by atoms with E-state index in [-0.39, 0.29) is 23.8 Å². The van der Waals surface area contributed by atoms with Crippen LogP contribution in [0.4, 0.5) is 5.95 Å². The summed E-state index contributed by atoms with van der Waals surface area (Å²) in [7, 11) is 0. The quantitative estimate of drug-likeness (QED) is 0.847. The van der Waals surface area contributed by atoms with Crippen LogP contribution >= 0.6 is 0 Å². The molecule has 0 aliphatic carbocycles. The van der Waals surface area contributed by atoms with Gasteiger partial charge in [0.25, 0.3) is 5.91 Å². The molecule has 1 N–H and O–H groups in total. The van der Waals surface area contributed by atoms with Crippen LogP contribution in [0, 0.1) is 5.92 Å². The lowest BCUT2D eigenvalue weighted by Gasteiger charge is -2.35. The van der Waals surface area contributed by atoms with Crippen LogP contribution in [-0.2, 0) is 11.3 Å². The first kappa shape index (κ1) is 18.3. The summed E-state index contributed by atoms with van der Waals surface area (Å²) in [6.07, 6.45) is 6.56. The molecule has 0 spiro atoms. The van der Waals surface area contributed by atoms with Gasteiger partial charge in [-0.05, 0) is 31.9 Å².